The highest BCUT2D eigenvalue weighted by Gasteiger charge is 2.46. The Morgan fingerprint density at radius 3 is 2.41 bits per heavy atom. The summed E-state index contributed by atoms with van der Waals surface area (Å²) in [5.41, 5.74) is 2.71. The molecule has 10 heteroatoms. The molecule has 0 radical (unpaired) electrons. The zero-order valence-electron chi connectivity index (χ0n) is 21.9. The number of hydrogen-bond donors (Lipinski definition) is 1. The van der Waals surface area contributed by atoms with E-state index in [4.69, 9.17) is 9.47 Å². The van der Waals surface area contributed by atoms with Crippen LogP contribution in [0.3, 0.4) is 0 Å². The van der Waals surface area contributed by atoms with E-state index in [9.17, 15) is 19.5 Å². The van der Waals surface area contributed by atoms with E-state index in [2.05, 4.69) is 10.00 Å². The summed E-state index contributed by atoms with van der Waals surface area (Å²) in [6.07, 6.45) is 1.50. The second kappa shape index (κ2) is 11.2. The normalized spacial score (nSPS) is 19.4. The molecule has 2 aliphatic rings. The van der Waals surface area contributed by atoms with E-state index in [1.807, 2.05) is 30.3 Å². The van der Waals surface area contributed by atoms with Gasteiger partial charge in [0.2, 0.25) is 0 Å². The number of carbonyl (C=O) groups is 3. The summed E-state index contributed by atoms with van der Waals surface area (Å²) in [5, 5.41) is 15.9. The number of ketones is 1. The number of amides is 1. The predicted molar refractivity (Wildman–Crippen MR) is 142 cm³/mol. The zero-order chi connectivity index (χ0) is 27.5. The zero-order valence-corrected chi connectivity index (χ0v) is 21.9. The van der Waals surface area contributed by atoms with Crippen molar-refractivity contribution in [2.24, 2.45) is 0 Å². The molecule has 39 heavy (non-hydrogen) atoms. The number of aromatic nitrogens is 2. The number of likely N-dealkylation sites (tertiary alicyclic amines) is 1. The van der Waals surface area contributed by atoms with Crippen molar-refractivity contribution in [3.8, 4) is 5.69 Å². The van der Waals surface area contributed by atoms with Gasteiger partial charge in [-0.2, -0.15) is 5.10 Å². The third kappa shape index (κ3) is 5.08. The van der Waals surface area contributed by atoms with Gasteiger partial charge in [-0.25, -0.2) is 9.48 Å². The van der Waals surface area contributed by atoms with Gasteiger partial charge >= 0.3 is 5.97 Å². The monoisotopic (exact) mass is 530 g/mol. The molecule has 1 N–H and O–H groups in total. The van der Waals surface area contributed by atoms with Crippen LogP contribution in [0, 0.1) is 6.92 Å². The van der Waals surface area contributed by atoms with Gasteiger partial charge in [0, 0.05) is 26.2 Å². The molecule has 2 aliphatic heterocycles. The lowest BCUT2D eigenvalue weighted by molar-refractivity contribution is -0.140. The van der Waals surface area contributed by atoms with Crippen LogP contribution in [0.5, 0.6) is 0 Å². The summed E-state index contributed by atoms with van der Waals surface area (Å²) in [4.78, 5) is 42.4. The van der Waals surface area contributed by atoms with Crippen molar-refractivity contribution in [1.82, 2.24) is 19.6 Å². The highest BCUT2D eigenvalue weighted by molar-refractivity contribution is 6.46. The maximum Gasteiger partial charge on any atom is 0.337 e. The molecule has 1 amide bonds. The van der Waals surface area contributed by atoms with Crippen LogP contribution in [-0.4, -0.2) is 88.8 Å². The maximum absolute atomic E-state index is 13.4. The number of aliphatic hydroxyl groups is 1. The molecule has 10 nitrogen and oxygen atoms in total. The highest BCUT2D eigenvalue weighted by Crippen LogP contribution is 2.40. The third-order valence-corrected chi connectivity index (χ3v) is 7.21. The molecule has 3 heterocycles. The fourth-order valence-electron chi connectivity index (χ4n) is 5.07. The van der Waals surface area contributed by atoms with E-state index >= 15 is 0 Å². The van der Waals surface area contributed by atoms with Gasteiger partial charge in [-0.05, 0) is 36.8 Å². The number of carbonyl (C=O) groups excluding carboxylic acids is 3. The number of esters is 1. The molecule has 2 saturated heterocycles. The minimum atomic E-state index is -0.836. The number of nitrogens with zero attached hydrogens (tertiary/aromatic N) is 4. The summed E-state index contributed by atoms with van der Waals surface area (Å²) in [7, 11) is 1.30. The first-order valence-electron chi connectivity index (χ1n) is 12.8. The summed E-state index contributed by atoms with van der Waals surface area (Å²) in [5.74, 6) is -2.22. The summed E-state index contributed by atoms with van der Waals surface area (Å²) >= 11 is 0. The second-order valence-electron chi connectivity index (χ2n) is 9.45. The van der Waals surface area contributed by atoms with Crippen LogP contribution in [-0.2, 0) is 19.1 Å². The Morgan fingerprint density at radius 1 is 1.05 bits per heavy atom. The smallest absolute Gasteiger partial charge is 0.337 e. The van der Waals surface area contributed by atoms with E-state index in [1.165, 1.54) is 18.2 Å². The van der Waals surface area contributed by atoms with E-state index in [0.717, 1.165) is 18.8 Å². The van der Waals surface area contributed by atoms with Crippen molar-refractivity contribution >= 4 is 23.4 Å². The van der Waals surface area contributed by atoms with E-state index in [1.54, 1.807) is 35.9 Å². The predicted octanol–water partition coefficient (Wildman–Crippen LogP) is 2.72. The lowest BCUT2D eigenvalue weighted by Gasteiger charge is -2.31. The Kier molecular flexibility index (Phi) is 7.58. The standard InChI is InChI=1S/C29H30N4O6/c1-19-23(18-30-33(19)22-6-4-3-5-7-22)26(34)24-25(20-8-10-21(11-9-20)29(37)38-2)32(28(36)27(24)35)13-12-31-14-16-39-17-15-31/h3-11,18,25,34H,12-17H2,1-2H3/b26-24+/t25-/m1/s1. The first kappa shape index (κ1) is 26.3. The van der Waals surface area contributed by atoms with Crippen LogP contribution >= 0.6 is 0 Å². The number of aliphatic hydroxyl groups excluding tert-OH is 1. The molecule has 0 bridgehead atoms. The van der Waals surface area contributed by atoms with Crippen LogP contribution in [0.1, 0.15) is 33.2 Å². The molecule has 202 valence electrons. The number of Topliss-reactive ketones (excluding diaryl/α,β-unsaturated/α-hetero) is 1. The lowest BCUT2D eigenvalue weighted by Crippen LogP contribution is -2.42. The van der Waals surface area contributed by atoms with Gasteiger partial charge in [0.1, 0.15) is 5.76 Å². The Hall–Kier alpha value is -4.28. The number of para-hydroxylation sites is 1. The van der Waals surface area contributed by atoms with E-state index < -0.39 is 23.7 Å². The molecule has 0 unspecified atom stereocenters. The Balaban J connectivity index is 1.56. The van der Waals surface area contributed by atoms with Crippen molar-refractivity contribution in [2.75, 3.05) is 46.5 Å². The summed E-state index contributed by atoms with van der Waals surface area (Å²) < 4.78 is 11.9. The molecule has 3 aromatic rings. The second-order valence-corrected chi connectivity index (χ2v) is 9.45. The molecule has 5 rings (SSSR count). The summed E-state index contributed by atoms with van der Waals surface area (Å²) in [6.45, 7) is 5.33. The molecule has 0 saturated carbocycles. The minimum absolute atomic E-state index is 0.0106. The quantitative estimate of drug-likeness (QED) is 0.215. The molecular weight excluding hydrogens is 500 g/mol. The molecule has 2 aromatic carbocycles. The largest absolute Gasteiger partial charge is 0.507 e. The topological polar surface area (TPSA) is 114 Å². The Bertz CT molecular complexity index is 1410. The number of ether oxygens (including phenoxy) is 2. The Morgan fingerprint density at radius 2 is 1.74 bits per heavy atom. The van der Waals surface area contributed by atoms with Gasteiger partial charge in [0.05, 0.1) is 60.6 Å². The van der Waals surface area contributed by atoms with Crippen molar-refractivity contribution in [3.63, 3.8) is 0 Å². The number of benzene rings is 2. The van der Waals surface area contributed by atoms with Gasteiger partial charge in [0.15, 0.2) is 0 Å². The van der Waals surface area contributed by atoms with Gasteiger partial charge in [-0.3, -0.25) is 14.5 Å². The van der Waals surface area contributed by atoms with Crippen molar-refractivity contribution < 1.29 is 29.0 Å². The maximum atomic E-state index is 13.4. The van der Waals surface area contributed by atoms with Gasteiger partial charge in [-0.1, -0.05) is 30.3 Å². The molecule has 0 aliphatic carbocycles. The van der Waals surface area contributed by atoms with Crippen molar-refractivity contribution in [3.05, 3.63) is 88.8 Å². The summed E-state index contributed by atoms with van der Waals surface area (Å²) in [6, 6.07) is 15.1. The molecule has 2 fully saturated rings. The van der Waals surface area contributed by atoms with Crippen molar-refractivity contribution in [2.45, 2.75) is 13.0 Å². The molecule has 1 atom stereocenters. The average molecular weight is 531 g/mol. The third-order valence-electron chi connectivity index (χ3n) is 7.21. The molecule has 1 aromatic heterocycles. The van der Waals surface area contributed by atoms with Crippen molar-refractivity contribution in [1.29, 1.82) is 0 Å². The van der Waals surface area contributed by atoms with Gasteiger partial charge in [-0.15, -0.1) is 0 Å². The van der Waals surface area contributed by atoms with Crippen LogP contribution < -0.4 is 0 Å². The number of rotatable bonds is 7. The fourth-order valence-corrected chi connectivity index (χ4v) is 5.07. The van der Waals surface area contributed by atoms with Crippen LogP contribution in [0.15, 0.2) is 66.4 Å². The SMILES string of the molecule is COC(=O)c1ccc([C@@H]2/C(=C(\O)c3cnn(-c4ccccc4)c3C)C(=O)C(=O)N2CCN2CCOCC2)cc1. The number of hydrogen-bond acceptors (Lipinski definition) is 8. The molecule has 0 spiro atoms. The van der Waals surface area contributed by atoms with Gasteiger partial charge in [0.25, 0.3) is 11.7 Å². The number of methoxy groups -OCH3 is 1. The first-order chi connectivity index (χ1) is 18.9. The van der Waals surface area contributed by atoms with Crippen LogP contribution in [0.4, 0.5) is 0 Å². The van der Waals surface area contributed by atoms with Crippen LogP contribution in [0.25, 0.3) is 11.4 Å². The molecular formula is C29H30N4O6. The lowest BCUT2D eigenvalue weighted by atomic mass is 9.94. The number of morpholine rings is 1. The van der Waals surface area contributed by atoms with Gasteiger partial charge < -0.3 is 19.5 Å². The minimum Gasteiger partial charge on any atom is -0.507 e. The highest BCUT2D eigenvalue weighted by atomic mass is 16.5. The average Bonchev–Trinajstić information content (AvgIpc) is 3.48. The van der Waals surface area contributed by atoms with E-state index in [-0.39, 0.29) is 17.9 Å². The first-order valence-corrected chi connectivity index (χ1v) is 12.8. The Labute approximate surface area is 226 Å². The van der Waals surface area contributed by atoms with Crippen LogP contribution in [0.2, 0.25) is 0 Å². The fraction of sp³-hybridized carbons (Fsp3) is 0.310. The van der Waals surface area contributed by atoms with E-state index in [0.29, 0.717) is 42.1 Å².